The molecule has 0 bridgehead atoms. The molecule has 3 N–H and O–H groups in total. The highest BCUT2D eigenvalue weighted by Crippen LogP contribution is 2.31. The average Bonchev–Trinajstić information content (AvgIpc) is 2.42. The third kappa shape index (κ3) is 3.26. The number of nitrogens with one attached hydrogen (secondary N) is 1. The van der Waals surface area contributed by atoms with Gasteiger partial charge in [-0.1, -0.05) is 38.4 Å². The number of anilines is 1. The van der Waals surface area contributed by atoms with Gasteiger partial charge in [-0.15, -0.1) is 0 Å². The fourth-order valence-electron chi connectivity index (χ4n) is 2.93. The minimum atomic E-state index is -0.631. The summed E-state index contributed by atoms with van der Waals surface area (Å²) in [6, 6.07) is 2.52. The molecule has 5 heteroatoms. The summed E-state index contributed by atoms with van der Waals surface area (Å²) in [6.45, 7) is 2.12. The van der Waals surface area contributed by atoms with Crippen LogP contribution in [-0.2, 0) is 0 Å². The van der Waals surface area contributed by atoms with Crippen molar-refractivity contribution in [3.8, 4) is 0 Å². The van der Waals surface area contributed by atoms with E-state index in [9.17, 15) is 8.78 Å². The largest absolute Gasteiger partial charge is 0.389 e. The molecule has 110 valence electrons. The second-order valence-corrected chi connectivity index (χ2v) is 5.82. The second kappa shape index (κ2) is 6.48. The number of benzene rings is 1. The maximum atomic E-state index is 14.0. The van der Waals surface area contributed by atoms with E-state index in [2.05, 4.69) is 12.2 Å². The quantitative estimate of drug-likeness (QED) is 0.826. The normalized spacial score (nSPS) is 22.6. The molecule has 1 saturated carbocycles. The van der Waals surface area contributed by atoms with Crippen LogP contribution in [0.5, 0.6) is 0 Å². The fourth-order valence-corrected chi connectivity index (χ4v) is 3.04. The molecule has 2 rings (SSSR count). The van der Waals surface area contributed by atoms with Crippen molar-refractivity contribution in [3.05, 3.63) is 29.3 Å². The lowest BCUT2D eigenvalue weighted by atomic mass is 9.83. The standard InChI is InChI=1S/C15H20F2N2S/c1-2-9-5-3-4-6-13(9)19-14-11(16)7-10(15(18)20)8-12(14)17/h7-9,13,19H,2-6H2,1H3,(H2,18,20). The molecule has 20 heavy (non-hydrogen) atoms. The monoisotopic (exact) mass is 298 g/mol. The van der Waals surface area contributed by atoms with E-state index in [1.165, 1.54) is 18.6 Å². The Kier molecular flexibility index (Phi) is 4.91. The van der Waals surface area contributed by atoms with Gasteiger partial charge in [0.05, 0.1) is 0 Å². The van der Waals surface area contributed by atoms with Crippen molar-refractivity contribution in [1.82, 2.24) is 0 Å². The summed E-state index contributed by atoms with van der Waals surface area (Å²) >= 11 is 4.75. The van der Waals surface area contributed by atoms with Crippen LogP contribution in [0.2, 0.25) is 0 Å². The summed E-state index contributed by atoms with van der Waals surface area (Å²) < 4.78 is 28.1. The van der Waals surface area contributed by atoms with Crippen molar-refractivity contribution in [2.45, 2.75) is 45.1 Å². The molecule has 0 spiro atoms. The summed E-state index contributed by atoms with van der Waals surface area (Å²) in [7, 11) is 0. The van der Waals surface area contributed by atoms with Crippen LogP contribution in [0.3, 0.4) is 0 Å². The molecular formula is C15H20F2N2S. The molecule has 1 aromatic carbocycles. The molecule has 1 aliphatic rings. The van der Waals surface area contributed by atoms with Crippen LogP contribution < -0.4 is 11.1 Å². The molecule has 1 aromatic rings. The van der Waals surface area contributed by atoms with Crippen molar-refractivity contribution >= 4 is 22.9 Å². The topological polar surface area (TPSA) is 38.0 Å². The van der Waals surface area contributed by atoms with Gasteiger partial charge < -0.3 is 11.1 Å². The van der Waals surface area contributed by atoms with Crippen LogP contribution in [0.1, 0.15) is 44.6 Å². The van der Waals surface area contributed by atoms with Gasteiger partial charge in [-0.05, 0) is 30.9 Å². The van der Waals surface area contributed by atoms with Gasteiger partial charge in [0.25, 0.3) is 0 Å². The molecule has 1 fully saturated rings. The van der Waals surface area contributed by atoms with E-state index in [0.29, 0.717) is 5.92 Å². The van der Waals surface area contributed by atoms with Gasteiger partial charge in [-0.2, -0.15) is 0 Å². The van der Waals surface area contributed by atoms with Gasteiger partial charge in [0.2, 0.25) is 0 Å². The van der Waals surface area contributed by atoms with Gasteiger partial charge in [0.15, 0.2) is 0 Å². The Bertz CT molecular complexity index is 482. The minimum Gasteiger partial charge on any atom is -0.389 e. The van der Waals surface area contributed by atoms with E-state index in [1.807, 2.05) is 0 Å². The van der Waals surface area contributed by atoms with Crippen LogP contribution in [0.15, 0.2) is 12.1 Å². The van der Waals surface area contributed by atoms with Crippen LogP contribution in [0.25, 0.3) is 0 Å². The Balaban J connectivity index is 2.22. The lowest BCUT2D eigenvalue weighted by Crippen LogP contribution is -2.32. The van der Waals surface area contributed by atoms with Crippen LogP contribution in [0, 0.1) is 17.6 Å². The fraction of sp³-hybridized carbons (Fsp3) is 0.533. The van der Waals surface area contributed by atoms with Gasteiger partial charge in [0, 0.05) is 11.6 Å². The predicted molar refractivity (Wildman–Crippen MR) is 81.9 cm³/mol. The number of halogens is 2. The summed E-state index contributed by atoms with van der Waals surface area (Å²) in [6.07, 6.45) is 5.38. The Hall–Kier alpha value is -1.23. The Morgan fingerprint density at radius 2 is 1.90 bits per heavy atom. The van der Waals surface area contributed by atoms with Gasteiger partial charge >= 0.3 is 0 Å². The molecule has 2 unspecified atom stereocenters. The number of nitrogens with two attached hydrogens (primary N) is 1. The lowest BCUT2D eigenvalue weighted by molar-refractivity contribution is 0.316. The molecule has 0 aromatic heterocycles. The zero-order valence-corrected chi connectivity index (χ0v) is 12.4. The van der Waals surface area contributed by atoms with Gasteiger partial charge in [0.1, 0.15) is 22.3 Å². The molecule has 1 aliphatic carbocycles. The first-order chi connectivity index (χ1) is 9.52. The number of rotatable bonds is 4. The maximum absolute atomic E-state index is 14.0. The first-order valence-corrected chi connectivity index (χ1v) is 7.49. The molecule has 0 amide bonds. The predicted octanol–water partition coefficient (Wildman–Crippen LogP) is 3.98. The Labute approximate surface area is 123 Å². The third-order valence-corrected chi connectivity index (χ3v) is 4.33. The molecule has 0 radical (unpaired) electrons. The highest BCUT2D eigenvalue weighted by Gasteiger charge is 2.25. The third-order valence-electron chi connectivity index (χ3n) is 4.09. The van der Waals surface area contributed by atoms with Gasteiger partial charge in [-0.25, -0.2) is 8.78 Å². The SMILES string of the molecule is CCC1CCCCC1Nc1c(F)cc(C(N)=S)cc1F. The average molecular weight is 298 g/mol. The maximum Gasteiger partial charge on any atom is 0.150 e. The van der Waals surface area contributed by atoms with Crippen LogP contribution >= 0.6 is 12.2 Å². The molecule has 0 saturated heterocycles. The van der Waals surface area contributed by atoms with Crippen LogP contribution in [0.4, 0.5) is 14.5 Å². The van der Waals surface area contributed by atoms with Crippen molar-refractivity contribution in [2.75, 3.05) is 5.32 Å². The summed E-state index contributed by atoms with van der Waals surface area (Å²) in [5, 5.41) is 3.05. The summed E-state index contributed by atoms with van der Waals surface area (Å²) in [5.41, 5.74) is 5.57. The first kappa shape index (κ1) is 15.2. The van der Waals surface area contributed by atoms with Crippen molar-refractivity contribution in [3.63, 3.8) is 0 Å². The number of thiocarbonyl (C=S) groups is 1. The van der Waals surface area contributed by atoms with E-state index in [-0.39, 0.29) is 22.3 Å². The Morgan fingerprint density at radius 3 is 2.45 bits per heavy atom. The van der Waals surface area contributed by atoms with Crippen molar-refractivity contribution in [2.24, 2.45) is 11.7 Å². The van der Waals surface area contributed by atoms with Gasteiger partial charge in [-0.3, -0.25) is 0 Å². The molecular weight excluding hydrogens is 278 g/mol. The number of hydrogen-bond acceptors (Lipinski definition) is 2. The summed E-state index contributed by atoms with van der Waals surface area (Å²) in [5.74, 6) is -0.792. The zero-order valence-electron chi connectivity index (χ0n) is 11.6. The highest BCUT2D eigenvalue weighted by molar-refractivity contribution is 7.80. The van der Waals surface area contributed by atoms with Crippen LogP contribution in [-0.4, -0.2) is 11.0 Å². The number of hydrogen-bond donors (Lipinski definition) is 2. The lowest BCUT2D eigenvalue weighted by Gasteiger charge is -2.32. The molecule has 2 nitrogen and oxygen atoms in total. The van der Waals surface area contributed by atoms with E-state index >= 15 is 0 Å². The minimum absolute atomic E-state index is 0.00143. The smallest absolute Gasteiger partial charge is 0.150 e. The molecule has 0 aliphatic heterocycles. The first-order valence-electron chi connectivity index (χ1n) is 7.08. The van der Waals surface area contributed by atoms with Crippen molar-refractivity contribution in [1.29, 1.82) is 0 Å². The van der Waals surface area contributed by atoms with E-state index < -0.39 is 11.6 Å². The Morgan fingerprint density at radius 1 is 1.30 bits per heavy atom. The van der Waals surface area contributed by atoms with E-state index in [0.717, 1.165) is 25.7 Å². The molecule has 2 atom stereocenters. The molecule has 0 heterocycles. The summed E-state index contributed by atoms with van der Waals surface area (Å²) in [4.78, 5) is -0.00143. The van der Waals surface area contributed by atoms with E-state index in [4.69, 9.17) is 18.0 Å². The van der Waals surface area contributed by atoms with E-state index in [1.54, 1.807) is 0 Å². The zero-order chi connectivity index (χ0) is 14.7. The highest BCUT2D eigenvalue weighted by atomic mass is 32.1. The van der Waals surface area contributed by atoms with Crippen molar-refractivity contribution < 1.29 is 8.78 Å². The second-order valence-electron chi connectivity index (χ2n) is 5.38.